The summed E-state index contributed by atoms with van der Waals surface area (Å²) >= 11 is 0. The van der Waals surface area contributed by atoms with Gasteiger partial charge in [-0.15, -0.1) is 0 Å². The van der Waals surface area contributed by atoms with E-state index >= 15 is 0 Å². The number of ether oxygens (including phenoxy) is 2. The van der Waals surface area contributed by atoms with E-state index in [1.54, 1.807) is 32.9 Å². The summed E-state index contributed by atoms with van der Waals surface area (Å²) in [4.78, 5) is 36.7. The molecule has 1 unspecified atom stereocenters. The van der Waals surface area contributed by atoms with Crippen LogP contribution in [0, 0.1) is 0 Å². The Bertz CT molecular complexity index is 655. The zero-order chi connectivity index (χ0) is 19.3. The number of likely N-dealkylation sites (tertiary alicyclic amines) is 1. The van der Waals surface area contributed by atoms with Gasteiger partial charge in [0, 0.05) is 13.0 Å². The third-order valence-electron chi connectivity index (χ3n) is 3.75. The van der Waals surface area contributed by atoms with Gasteiger partial charge in [-0.25, -0.2) is 14.4 Å². The number of nitrogens with zero attached hydrogens (tertiary/aromatic N) is 1. The van der Waals surface area contributed by atoms with Crippen molar-refractivity contribution in [3.63, 3.8) is 0 Å². The summed E-state index contributed by atoms with van der Waals surface area (Å²) in [6, 6.07) is 7.52. The minimum atomic E-state index is -1.14. The second-order valence-electron chi connectivity index (χ2n) is 7.13. The van der Waals surface area contributed by atoms with Crippen LogP contribution in [0.4, 0.5) is 9.59 Å². The number of hydrogen-bond donors (Lipinski definition) is 2. The normalized spacial score (nSPS) is 19.7. The third-order valence-corrected chi connectivity index (χ3v) is 3.75. The molecule has 2 amide bonds. The van der Waals surface area contributed by atoms with Crippen LogP contribution in [0.25, 0.3) is 0 Å². The first-order valence-corrected chi connectivity index (χ1v) is 8.35. The van der Waals surface area contributed by atoms with Crippen LogP contribution in [0.2, 0.25) is 0 Å². The summed E-state index contributed by atoms with van der Waals surface area (Å²) in [6.07, 6.45) is -1.28. The number of carboxylic acids is 1. The molecule has 8 nitrogen and oxygen atoms in total. The van der Waals surface area contributed by atoms with Gasteiger partial charge in [0.2, 0.25) is 0 Å². The Morgan fingerprint density at radius 3 is 2.46 bits per heavy atom. The molecule has 1 aliphatic heterocycles. The molecule has 1 saturated heterocycles. The summed E-state index contributed by atoms with van der Waals surface area (Å²) in [5.74, 6) is -1.14. The molecule has 1 heterocycles. The molecular formula is C18H24N2O6. The Morgan fingerprint density at radius 2 is 1.88 bits per heavy atom. The largest absolute Gasteiger partial charge is 0.480 e. The predicted molar refractivity (Wildman–Crippen MR) is 92.5 cm³/mol. The number of alkyl carbamates (subject to hydrolysis) is 1. The lowest BCUT2D eigenvalue weighted by Gasteiger charge is -2.22. The Hall–Kier alpha value is -2.77. The molecule has 1 fully saturated rings. The average Bonchev–Trinajstić information content (AvgIpc) is 2.95. The molecule has 26 heavy (non-hydrogen) atoms. The minimum absolute atomic E-state index is 0.0455. The highest BCUT2D eigenvalue weighted by atomic mass is 16.6. The van der Waals surface area contributed by atoms with Crippen molar-refractivity contribution < 1.29 is 29.0 Å². The Morgan fingerprint density at radius 1 is 1.23 bits per heavy atom. The van der Waals surface area contributed by atoms with Gasteiger partial charge in [0.1, 0.15) is 18.2 Å². The van der Waals surface area contributed by atoms with Crippen molar-refractivity contribution in [3.8, 4) is 0 Å². The number of carbonyl (C=O) groups excluding carboxylic acids is 2. The zero-order valence-electron chi connectivity index (χ0n) is 15.1. The maximum Gasteiger partial charge on any atom is 0.410 e. The van der Waals surface area contributed by atoms with Crippen LogP contribution < -0.4 is 5.32 Å². The first-order chi connectivity index (χ1) is 12.2. The molecule has 0 aliphatic carbocycles. The van der Waals surface area contributed by atoms with Crippen LogP contribution in [-0.2, 0) is 20.9 Å². The quantitative estimate of drug-likeness (QED) is 0.850. The van der Waals surface area contributed by atoms with Gasteiger partial charge >= 0.3 is 18.2 Å². The topological polar surface area (TPSA) is 105 Å². The number of amides is 2. The Kier molecular flexibility index (Phi) is 6.07. The smallest absolute Gasteiger partial charge is 0.410 e. The van der Waals surface area contributed by atoms with Gasteiger partial charge in [-0.3, -0.25) is 4.90 Å². The van der Waals surface area contributed by atoms with Crippen molar-refractivity contribution in [1.29, 1.82) is 0 Å². The van der Waals surface area contributed by atoms with Crippen molar-refractivity contribution in [2.45, 2.75) is 51.5 Å². The summed E-state index contributed by atoms with van der Waals surface area (Å²) in [6.45, 7) is 5.29. The van der Waals surface area contributed by atoms with Crippen molar-refractivity contribution >= 4 is 18.2 Å². The molecule has 0 bridgehead atoms. The van der Waals surface area contributed by atoms with Crippen molar-refractivity contribution in [2.75, 3.05) is 6.54 Å². The molecular weight excluding hydrogens is 340 g/mol. The van der Waals surface area contributed by atoms with E-state index in [-0.39, 0.29) is 19.6 Å². The number of benzene rings is 1. The Labute approximate surface area is 152 Å². The fourth-order valence-corrected chi connectivity index (χ4v) is 2.65. The standard InChI is InChI=1S/C18H24N2O6/c1-18(2,3)26-16(23)19-13-9-14(15(21)22)20(10-13)17(24)25-11-12-7-5-4-6-8-12/h4-8,13-14H,9-11H2,1-3H3,(H,19,23)(H,21,22)/t13-,14?/m1/s1. The van der Waals surface area contributed by atoms with Crippen LogP contribution in [0.1, 0.15) is 32.8 Å². The molecule has 1 aromatic carbocycles. The molecule has 0 saturated carbocycles. The van der Waals surface area contributed by atoms with E-state index in [1.165, 1.54) is 0 Å². The summed E-state index contributed by atoms with van der Waals surface area (Å²) in [5, 5.41) is 12.0. The van der Waals surface area contributed by atoms with Crippen LogP contribution in [-0.4, -0.2) is 52.4 Å². The fourth-order valence-electron chi connectivity index (χ4n) is 2.65. The lowest BCUT2D eigenvalue weighted by atomic mass is 10.2. The number of nitrogens with one attached hydrogen (secondary N) is 1. The van der Waals surface area contributed by atoms with Crippen molar-refractivity contribution in [1.82, 2.24) is 10.2 Å². The number of aliphatic carboxylic acids is 1. The maximum absolute atomic E-state index is 12.3. The highest BCUT2D eigenvalue weighted by Crippen LogP contribution is 2.20. The predicted octanol–water partition coefficient (Wildman–Crippen LogP) is 2.38. The maximum atomic E-state index is 12.3. The van der Waals surface area contributed by atoms with E-state index in [2.05, 4.69) is 5.32 Å². The zero-order valence-corrected chi connectivity index (χ0v) is 15.1. The summed E-state index contributed by atoms with van der Waals surface area (Å²) in [7, 11) is 0. The van der Waals surface area contributed by atoms with Gasteiger partial charge in [0.05, 0.1) is 6.04 Å². The molecule has 8 heteroatoms. The first kappa shape index (κ1) is 19.6. The molecule has 0 aromatic heterocycles. The van der Waals surface area contributed by atoms with E-state index in [0.29, 0.717) is 0 Å². The molecule has 2 rings (SSSR count). The van der Waals surface area contributed by atoms with E-state index in [9.17, 15) is 19.5 Å². The summed E-state index contributed by atoms with van der Waals surface area (Å²) in [5.41, 5.74) is 0.138. The molecule has 142 valence electrons. The fraction of sp³-hybridized carbons (Fsp3) is 0.500. The van der Waals surface area contributed by atoms with Crippen LogP contribution in [0.15, 0.2) is 30.3 Å². The van der Waals surface area contributed by atoms with Crippen LogP contribution in [0.3, 0.4) is 0 Å². The minimum Gasteiger partial charge on any atom is -0.480 e. The van der Waals surface area contributed by atoms with Gasteiger partial charge in [-0.1, -0.05) is 30.3 Å². The number of carbonyl (C=O) groups is 3. The highest BCUT2D eigenvalue weighted by molar-refractivity contribution is 5.81. The molecule has 0 spiro atoms. The van der Waals surface area contributed by atoms with E-state index in [1.807, 2.05) is 18.2 Å². The lowest BCUT2D eigenvalue weighted by molar-refractivity contribution is -0.141. The third kappa shape index (κ3) is 5.65. The highest BCUT2D eigenvalue weighted by Gasteiger charge is 2.41. The number of rotatable bonds is 4. The molecule has 0 radical (unpaired) electrons. The first-order valence-electron chi connectivity index (χ1n) is 8.35. The molecule has 1 aliphatic rings. The second kappa shape index (κ2) is 8.07. The number of hydrogen-bond acceptors (Lipinski definition) is 5. The SMILES string of the molecule is CC(C)(C)OC(=O)N[C@@H]1CC(C(=O)O)N(C(=O)OCc2ccccc2)C1. The van der Waals surface area contributed by atoms with Crippen molar-refractivity contribution in [3.05, 3.63) is 35.9 Å². The summed E-state index contributed by atoms with van der Waals surface area (Å²) < 4.78 is 10.4. The van der Waals surface area contributed by atoms with E-state index in [0.717, 1.165) is 10.5 Å². The monoisotopic (exact) mass is 364 g/mol. The molecule has 2 N–H and O–H groups in total. The second-order valence-corrected chi connectivity index (χ2v) is 7.13. The van der Waals surface area contributed by atoms with Crippen molar-refractivity contribution in [2.24, 2.45) is 0 Å². The van der Waals surface area contributed by atoms with Gasteiger partial charge in [-0.05, 0) is 26.3 Å². The van der Waals surface area contributed by atoms with Gasteiger partial charge < -0.3 is 19.9 Å². The average molecular weight is 364 g/mol. The van der Waals surface area contributed by atoms with Crippen LogP contribution >= 0.6 is 0 Å². The molecule has 2 atom stereocenters. The van der Waals surface area contributed by atoms with Gasteiger partial charge in [-0.2, -0.15) is 0 Å². The van der Waals surface area contributed by atoms with Crippen LogP contribution in [0.5, 0.6) is 0 Å². The number of carboxylic acid groups (broad SMARTS) is 1. The van der Waals surface area contributed by atoms with E-state index in [4.69, 9.17) is 9.47 Å². The molecule has 1 aromatic rings. The lowest BCUT2D eigenvalue weighted by Crippen LogP contribution is -2.42. The van der Waals surface area contributed by atoms with Gasteiger partial charge in [0.15, 0.2) is 0 Å². The van der Waals surface area contributed by atoms with E-state index < -0.39 is 35.8 Å². The Balaban J connectivity index is 1.94. The van der Waals surface area contributed by atoms with Gasteiger partial charge in [0.25, 0.3) is 0 Å².